The maximum Gasteiger partial charge on any atom is 0.293 e. The van der Waals surface area contributed by atoms with Crippen LogP contribution in [-0.4, -0.2) is 54.4 Å². The Morgan fingerprint density at radius 3 is 2.78 bits per heavy atom. The maximum atomic E-state index is 13.0. The number of hydrogen-bond acceptors (Lipinski definition) is 9. The first kappa shape index (κ1) is 21.9. The molecule has 0 saturated carbocycles. The second-order valence-corrected chi connectivity index (χ2v) is 8.17. The van der Waals surface area contributed by atoms with E-state index in [0.717, 1.165) is 24.9 Å². The van der Waals surface area contributed by atoms with Crippen molar-refractivity contribution in [1.29, 1.82) is 0 Å². The van der Waals surface area contributed by atoms with Crippen LogP contribution in [0.4, 0.5) is 5.82 Å². The molecule has 168 valence electrons. The molecule has 1 aliphatic rings. The van der Waals surface area contributed by atoms with Crippen LogP contribution in [0.1, 0.15) is 54.9 Å². The molecule has 3 N–H and O–H groups in total. The molecule has 12 heteroatoms. The second kappa shape index (κ2) is 9.45. The molecule has 4 rings (SSSR count). The maximum absolute atomic E-state index is 13.0. The van der Waals surface area contributed by atoms with Crippen LogP contribution in [0, 0.1) is 0 Å². The Morgan fingerprint density at radius 2 is 2.09 bits per heavy atom. The summed E-state index contributed by atoms with van der Waals surface area (Å²) < 4.78 is 6.11. The minimum Gasteiger partial charge on any atom is -0.378 e. The summed E-state index contributed by atoms with van der Waals surface area (Å²) in [6.07, 6.45) is 3.36. The van der Waals surface area contributed by atoms with Gasteiger partial charge in [-0.15, -0.1) is 5.10 Å². The fraction of sp³-hybridized carbons (Fsp3) is 0.400. The van der Waals surface area contributed by atoms with Crippen LogP contribution in [0.3, 0.4) is 0 Å². The van der Waals surface area contributed by atoms with E-state index >= 15 is 0 Å². The zero-order valence-electron chi connectivity index (χ0n) is 17.8. The van der Waals surface area contributed by atoms with Gasteiger partial charge in [0.05, 0.1) is 11.4 Å². The van der Waals surface area contributed by atoms with Crippen molar-refractivity contribution in [3.05, 3.63) is 46.2 Å². The number of piperidine rings is 1. The summed E-state index contributed by atoms with van der Waals surface area (Å²) in [5.41, 5.74) is 10.6. The lowest BCUT2D eigenvalue weighted by Gasteiger charge is -2.33. The Morgan fingerprint density at radius 1 is 1.31 bits per heavy atom. The highest BCUT2D eigenvalue weighted by Gasteiger charge is 2.28. The summed E-state index contributed by atoms with van der Waals surface area (Å²) in [7, 11) is 0. The van der Waals surface area contributed by atoms with Crippen molar-refractivity contribution < 1.29 is 9.42 Å². The van der Waals surface area contributed by atoms with Crippen LogP contribution in [-0.2, 0) is 6.54 Å². The minimum absolute atomic E-state index is 0.0615. The fourth-order valence-electron chi connectivity index (χ4n) is 3.66. The summed E-state index contributed by atoms with van der Waals surface area (Å²) in [6, 6.07) is 7.54. The van der Waals surface area contributed by atoms with Gasteiger partial charge in [0.15, 0.2) is 5.69 Å². The third-order valence-corrected chi connectivity index (χ3v) is 5.81. The number of carbonyl (C=O) groups excluding carboxylic acids is 1. The van der Waals surface area contributed by atoms with E-state index in [9.17, 15) is 4.79 Å². The van der Waals surface area contributed by atoms with Crippen molar-refractivity contribution in [3.63, 3.8) is 0 Å². The Labute approximate surface area is 189 Å². The highest BCUT2D eigenvalue weighted by molar-refractivity contribution is 6.30. The molecule has 1 aromatic carbocycles. The van der Waals surface area contributed by atoms with Gasteiger partial charge in [0.25, 0.3) is 5.91 Å². The number of nitrogens with one attached hydrogen (secondary N) is 1. The van der Waals surface area contributed by atoms with Gasteiger partial charge in [0.1, 0.15) is 0 Å². The van der Waals surface area contributed by atoms with Gasteiger partial charge in [-0.25, -0.2) is 10.1 Å². The number of amides is 1. The number of benzene rings is 1. The van der Waals surface area contributed by atoms with Crippen LogP contribution in [0.2, 0.25) is 5.02 Å². The Kier molecular flexibility index (Phi) is 6.47. The molecule has 0 spiro atoms. The molecular formula is C20H24ClN9O2. The molecule has 32 heavy (non-hydrogen) atoms. The molecule has 1 aliphatic heterocycles. The van der Waals surface area contributed by atoms with E-state index in [1.165, 1.54) is 11.1 Å². The number of nitrogens with zero attached hydrogens (tertiary/aromatic N) is 7. The Balaban J connectivity index is 1.61. The monoisotopic (exact) mass is 457 g/mol. The molecule has 3 heterocycles. The largest absolute Gasteiger partial charge is 0.378 e. The zero-order valence-corrected chi connectivity index (χ0v) is 18.6. The average molecular weight is 458 g/mol. The van der Waals surface area contributed by atoms with E-state index in [0.29, 0.717) is 29.0 Å². The lowest BCUT2D eigenvalue weighted by molar-refractivity contribution is 0.0944. The van der Waals surface area contributed by atoms with Gasteiger partial charge < -0.3 is 5.73 Å². The molecule has 0 bridgehead atoms. The molecule has 1 fully saturated rings. The minimum atomic E-state index is -0.487. The number of aromatic nitrogens is 5. The van der Waals surface area contributed by atoms with Crippen molar-refractivity contribution in [1.82, 2.24) is 35.6 Å². The number of nitrogens with two attached hydrogens (primary N) is 1. The highest BCUT2D eigenvalue weighted by Crippen LogP contribution is 2.22. The summed E-state index contributed by atoms with van der Waals surface area (Å²) in [4.78, 5) is 15.3. The van der Waals surface area contributed by atoms with Crippen molar-refractivity contribution in [3.8, 4) is 5.82 Å². The van der Waals surface area contributed by atoms with E-state index in [1.54, 1.807) is 19.1 Å². The van der Waals surface area contributed by atoms with E-state index in [-0.39, 0.29) is 17.3 Å². The second-order valence-electron chi connectivity index (χ2n) is 7.73. The summed E-state index contributed by atoms with van der Waals surface area (Å²) in [5, 5.41) is 20.4. The molecule has 3 aromatic rings. The van der Waals surface area contributed by atoms with Gasteiger partial charge in [-0.1, -0.05) is 35.4 Å². The van der Waals surface area contributed by atoms with E-state index in [4.69, 9.17) is 22.0 Å². The number of hydrazone groups is 1. The van der Waals surface area contributed by atoms with Crippen molar-refractivity contribution in [2.75, 3.05) is 12.3 Å². The summed E-state index contributed by atoms with van der Waals surface area (Å²) >= 11 is 5.93. The van der Waals surface area contributed by atoms with E-state index < -0.39 is 5.91 Å². The highest BCUT2D eigenvalue weighted by atomic mass is 35.5. The van der Waals surface area contributed by atoms with Crippen LogP contribution < -0.4 is 11.2 Å². The van der Waals surface area contributed by atoms with Crippen LogP contribution >= 0.6 is 11.6 Å². The quantitative estimate of drug-likeness (QED) is 0.424. The van der Waals surface area contributed by atoms with Crippen LogP contribution in [0.15, 0.2) is 34.0 Å². The number of anilines is 1. The van der Waals surface area contributed by atoms with Crippen molar-refractivity contribution >= 4 is 29.0 Å². The van der Waals surface area contributed by atoms with Crippen LogP contribution in [0.25, 0.3) is 5.82 Å². The Bertz CT molecular complexity index is 1120. The van der Waals surface area contributed by atoms with Gasteiger partial charge >= 0.3 is 0 Å². The molecule has 2 aromatic heterocycles. The van der Waals surface area contributed by atoms with Gasteiger partial charge in [-0.3, -0.25) is 9.69 Å². The van der Waals surface area contributed by atoms with Crippen molar-refractivity contribution in [2.45, 2.75) is 45.7 Å². The van der Waals surface area contributed by atoms with E-state index in [1.807, 2.05) is 12.1 Å². The number of halogens is 1. The number of nitrogen functional groups attached to an aromatic ring is 1. The average Bonchev–Trinajstić information content (AvgIpc) is 3.39. The number of hydrogen-bond donors (Lipinski definition) is 2. The molecule has 1 saturated heterocycles. The van der Waals surface area contributed by atoms with Gasteiger partial charge in [0.2, 0.25) is 11.6 Å². The summed E-state index contributed by atoms with van der Waals surface area (Å²) in [5.74, 6) is -0.234. The first-order valence-electron chi connectivity index (χ1n) is 10.3. The smallest absolute Gasteiger partial charge is 0.293 e. The van der Waals surface area contributed by atoms with Gasteiger partial charge in [-0.05, 0) is 61.2 Å². The number of likely N-dealkylation sites (tertiary alicyclic amines) is 1. The Hall–Kier alpha value is -3.31. The lowest BCUT2D eigenvalue weighted by Crippen LogP contribution is -2.38. The molecule has 0 aliphatic carbocycles. The number of carbonyl (C=O) groups is 1. The third kappa shape index (κ3) is 4.63. The van der Waals surface area contributed by atoms with Gasteiger partial charge in [0, 0.05) is 17.6 Å². The predicted octanol–water partition coefficient (Wildman–Crippen LogP) is 2.41. The molecule has 11 nitrogen and oxygen atoms in total. The normalized spacial score (nSPS) is 17.5. The van der Waals surface area contributed by atoms with E-state index in [2.05, 4.69) is 43.0 Å². The molecule has 0 radical (unpaired) electrons. The zero-order chi connectivity index (χ0) is 22.7. The molecular weight excluding hydrogens is 434 g/mol. The first-order chi connectivity index (χ1) is 15.4. The molecule has 0 unspecified atom stereocenters. The predicted molar refractivity (Wildman–Crippen MR) is 118 cm³/mol. The molecule has 1 amide bonds. The standard InChI is InChI=1S/C20H24ClN9O2/c1-12-5-3-4-10-29(12)11-16-17(24-28-30(16)19-18(22)26-32-27-19)20(31)25-23-13(2)14-6-8-15(21)9-7-14/h6-9,12H,3-5,10-11H2,1-2H3,(H2,22,26)(H,25,31)/b23-13+/t12-/m0/s1. The molecule has 1 atom stereocenters. The SMILES string of the molecule is C/C(=N\NC(=O)c1nnn(-c2nonc2N)c1CN1CCCC[C@@H]1C)c1ccc(Cl)cc1. The van der Waals surface area contributed by atoms with Gasteiger partial charge in [-0.2, -0.15) is 9.78 Å². The topological polar surface area (TPSA) is 140 Å². The first-order valence-corrected chi connectivity index (χ1v) is 10.7. The fourth-order valence-corrected chi connectivity index (χ4v) is 3.78. The third-order valence-electron chi connectivity index (χ3n) is 5.56. The lowest BCUT2D eigenvalue weighted by atomic mass is 10.0. The van der Waals surface area contributed by atoms with Crippen LogP contribution in [0.5, 0.6) is 0 Å². The summed E-state index contributed by atoms with van der Waals surface area (Å²) in [6.45, 7) is 5.31. The van der Waals surface area contributed by atoms with Crippen molar-refractivity contribution in [2.24, 2.45) is 5.10 Å². The number of rotatable bonds is 6.